The number of hydrogen-bond acceptors (Lipinski definition) is 2. The maximum absolute atomic E-state index is 13.6. The highest BCUT2D eigenvalue weighted by atomic mass is 19.1. The largest absolute Gasteiger partial charge is 0.306 e. The van der Waals surface area contributed by atoms with Crippen LogP contribution in [0.2, 0.25) is 0 Å². The maximum atomic E-state index is 13.6. The van der Waals surface area contributed by atoms with Crippen molar-refractivity contribution in [1.82, 2.24) is 5.32 Å². The third-order valence-corrected chi connectivity index (χ3v) is 3.11. The van der Waals surface area contributed by atoms with Crippen molar-refractivity contribution in [2.45, 2.75) is 19.5 Å². The summed E-state index contributed by atoms with van der Waals surface area (Å²) in [5, 5.41) is 12.2. The first-order valence-corrected chi connectivity index (χ1v) is 6.18. The summed E-state index contributed by atoms with van der Waals surface area (Å²) in [5.41, 5.74) is 2.21. The van der Waals surface area contributed by atoms with Crippen molar-refractivity contribution in [3.63, 3.8) is 0 Å². The van der Waals surface area contributed by atoms with Crippen LogP contribution in [0.5, 0.6) is 0 Å². The van der Waals surface area contributed by atoms with Gasteiger partial charge in [-0.15, -0.1) is 0 Å². The highest BCUT2D eigenvalue weighted by molar-refractivity contribution is 5.37. The zero-order valence-corrected chi connectivity index (χ0v) is 10.7. The van der Waals surface area contributed by atoms with Crippen molar-refractivity contribution in [1.29, 1.82) is 5.26 Å². The van der Waals surface area contributed by atoms with Crippen molar-refractivity contribution in [2.75, 3.05) is 0 Å². The van der Waals surface area contributed by atoms with Gasteiger partial charge >= 0.3 is 0 Å². The lowest BCUT2D eigenvalue weighted by atomic mass is 10.1. The average molecular weight is 254 g/mol. The molecule has 1 atom stereocenters. The molecule has 2 aromatic rings. The Morgan fingerprint density at radius 1 is 1.16 bits per heavy atom. The summed E-state index contributed by atoms with van der Waals surface area (Å²) in [4.78, 5) is 0. The number of hydrogen-bond donors (Lipinski definition) is 1. The molecular formula is C16H15FN2. The molecule has 0 spiro atoms. The van der Waals surface area contributed by atoms with E-state index in [1.54, 1.807) is 18.2 Å². The smallest absolute Gasteiger partial charge is 0.127 e. The van der Waals surface area contributed by atoms with Gasteiger partial charge in [-0.1, -0.05) is 36.4 Å². The van der Waals surface area contributed by atoms with Gasteiger partial charge in [0.15, 0.2) is 0 Å². The molecule has 0 bridgehead atoms. The molecular weight excluding hydrogens is 239 g/mol. The molecule has 0 aliphatic carbocycles. The fraction of sp³-hybridized carbons (Fsp3) is 0.188. The van der Waals surface area contributed by atoms with E-state index in [4.69, 9.17) is 5.26 Å². The van der Waals surface area contributed by atoms with E-state index < -0.39 is 0 Å². The molecule has 1 N–H and O–H groups in total. The molecule has 0 saturated heterocycles. The Hall–Kier alpha value is -2.18. The first-order valence-electron chi connectivity index (χ1n) is 6.18. The van der Waals surface area contributed by atoms with Crippen molar-refractivity contribution in [3.8, 4) is 6.07 Å². The number of nitrogens with one attached hydrogen (secondary N) is 1. The number of nitriles is 1. The van der Waals surface area contributed by atoms with Crippen molar-refractivity contribution < 1.29 is 4.39 Å². The fourth-order valence-corrected chi connectivity index (χ4v) is 1.98. The SMILES string of the molecule is C[C@@H](NCc1ccccc1C#N)c1ccccc1F. The fourth-order valence-electron chi connectivity index (χ4n) is 1.98. The van der Waals surface area contributed by atoms with Gasteiger partial charge in [-0.25, -0.2) is 4.39 Å². The summed E-state index contributed by atoms with van der Waals surface area (Å²) < 4.78 is 13.6. The Labute approximate surface area is 112 Å². The molecule has 0 fully saturated rings. The summed E-state index contributed by atoms with van der Waals surface area (Å²) in [5.74, 6) is -0.212. The molecule has 0 aromatic heterocycles. The van der Waals surface area contributed by atoms with E-state index in [2.05, 4.69) is 11.4 Å². The van der Waals surface area contributed by atoms with Gasteiger partial charge in [0.2, 0.25) is 0 Å². The third kappa shape index (κ3) is 3.18. The Kier molecular flexibility index (Phi) is 4.27. The molecule has 0 aliphatic heterocycles. The minimum Gasteiger partial charge on any atom is -0.306 e. The summed E-state index contributed by atoms with van der Waals surface area (Å²) in [6.07, 6.45) is 0. The second-order valence-corrected chi connectivity index (χ2v) is 4.39. The molecule has 0 radical (unpaired) electrons. The van der Waals surface area contributed by atoms with E-state index in [-0.39, 0.29) is 11.9 Å². The quantitative estimate of drug-likeness (QED) is 0.905. The van der Waals surface area contributed by atoms with Crippen LogP contribution in [0.15, 0.2) is 48.5 Å². The first-order chi connectivity index (χ1) is 9.22. The Bertz CT molecular complexity index is 602. The van der Waals surface area contributed by atoms with Crippen LogP contribution in [0, 0.1) is 17.1 Å². The van der Waals surface area contributed by atoms with Gasteiger partial charge in [0.1, 0.15) is 5.82 Å². The minimum absolute atomic E-state index is 0.104. The Morgan fingerprint density at radius 3 is 2.58 bits per heavy atom. The predicted molar refractivity (Wildman–Crippen MR) is 72.8 cm³/mol. The van der Waals surface area contributed by atoms with Crippen LogP contribution in [0.3, 0.4) is 0 Å². The third-order valence-electron chi connectivity index (χ3n) is 3.11. The topological polar surface area (TPSA) is 35.8 Å². The van der Waals surface area contributed by atoms with Crippen LogP contribution in [0.1, 0.15) is 29.7 Å². The van der Waals surface area contributed by atoms with Gasteiger partial charge in [0.25, 0.3) is 0 Å². The first kappa shape index (κ1) is 13.3. The van der Waals surface area contributed by atoms with Crippen LogP contribution in [0.4, 0.5) is 4.39 Å². The van der Waals surface area contributed by atoms with Gasteiger partial charge < -0.3 is 5.32 Å². The second kappa shape index (κ2) is 6.12. The van der Waals surface area contributed by atoms with Crippen LogP contribution in [0.25, 0.3) is 0 Å². The zero-order chi connectivity index (χ0) is 13.7. The van der Waals surface area contributed by atoms with E-state index in [9.17, 15) is 4.39 Å². The zero-order valence-electron chi connectivity index (χ0n) is 10.7. The van der Waals surface area contributed by atoms with Gasteiger partial charge in [-0.05, 0) is 24.6 Å². The maximum Gasteiger partial charge on any atom is 0.127 e. The molecule has 2 rings (SSSR count). The van der Waals surface area contributed by atoms with Gasteiger partial charge in [0, 0.05) is 18.2 Å². The van der Waals surface area contributed by atoms with Crippen LogP contribution in [-0.2, 0) is 6.54 Å². The van der Waals surface area contributed by atoms with Gasteiger partial charge in [0.05, 0.1) is 11.6 Å². The number of rotatable bonds is 4. The van der Waals surface area contributed by atoms with E-state index in [0.717, 1.165) is 5.56 Å². The van der Waals surface area contributed by atoms with Gasteiger partial charge in [-0.2, -0.15) is 5.26 Å². The monoisotopic (exact) mass is 254 g/mol. The molecule has 96 valence electrons. The molecule has 0 unspecified atom stereocenters. The molecule has 19 heavy (non-hydrogen) atoms. The average Bonchev–Trinajstić information content (AvgIpc) is 2.45. The Balaban J connectivity index is 2.07. The highest BCUT2D eigenvalue weighted by Gasteiger charge is 2.10. The van der Waals surface area contributed by atoms with E-state index in [1.165, 1.54) is 6.07 Å². The summed E-state index contributed by atoms with van der Waals surface area (Å²) in [7, 11) is 0. The van der Waals surface area contributed by atoms with Crippen LogP contribution in [-0.4, -0.2) is 0 Å². The van der Waals surface area contributed by atoms with Crippen LogP contribution >= 0.6 is 0 Å². The lowest BCUT2D eigenvalue weighted by Crippen LogP contribution is -2.19. The molecule has 2 aromatic carbocycles. The highest BCUT2D eigenvalue weighted by Crippen LogP contribution is 2.17. The Morgan fingerprint density at radius 2 is 1.84 bits per heavy atom. The number of halogens is 1. The molecule has 0 aliphatic rings. The second-order valence-electron chi connectivity index (χ2n) is 4.39. The minimum atomic E-state index is -0.212. The number of benzene rings is 2. The molecule has 0 heterocycles. The lowest BCUT2D eigenvalue weighted by molar-refractivity contribution is 0.528. The standard InChI is InChI=1S/C16H15FN2/c1-12(15-8-4-5-9-16(15)17)19-11-14-7-3-2-6-13(14)10-18/h2-9,12,19H,11H2,1H3/t12-/m1/s1. The normalized spacial score (nSPS) is 11.8. The predicted octanol–water partition coefficient (Wildman–Crippen LogP) is 3.55. The van der Waals surface area contributed by atoms with E-state index >= 15 is 0 Å². The van der Waals surface area contributed by atoms with Crippen molar-refractivity contribution in [3.05, 3.63) is 71.0 Å². The van der Waals surface area contributed by atoms with Gasteiger partial charge in [-0.3, -0.25) is 0 Å². The summed E-state index contributed by atoms with van der Waals surface area (Å²) >= 11 is 0. The van der Waals surface area contributed by atoms with Crippen molar-refractivity contribution >= 4 is 0 Å². The molecule has 0 amide bonds. The number of nitrogens with zero attached hydrogens (tertiary/aromatic N) is 1. The summed E-state index contributed by atoms with van der Waals surface area (Å²) in [6, 6.07) is 16.2. The molecule has 2 nitrogen and oxygen atoms in total. The van der Waals surface area contributed by atoms with Crippen LogP contribution < -0.4 is 5.32 Å². The van der Waals surface area contributed by atoms with E-state index in [1.807, 2.05) is 31.2 Å². The lowest BCUT2D eigenvalue weighted by Gasteiger charge is -2.15. The van der Waals surface area contributed by atoms with Crippen molar-refractivity contribution in [2.24, 2.45) is 0 Å². The molecule has 3 heteroatoms. The summed E-state index contributed by atoms with van der Waals surface area (Å²) in [6.45, 7) is 2.45. The van der Waals surface area contributed by atoms with E-state index in [0.29, 0.717) is 17.7 Å². The molecule has 0 saturated carbocycles.